The predicted molar refractivity (Wildman–Crippen MR) is 60.8 cm³/mol. The minimum Gasteiger partial charge on any atom is -0.335 e. The third-order valence-corrected chi connectivity index (χ3v) is 3.80. The first-order valence-electron chi connectivity index (χ1n) is 6.38. The standard InChI is InChI=1S/C12H22N2O/c1-2-14(11-8-3-4-9-11)12(15)13-10-6-5-7-10/h10-11H,2-9H2,1H3,(H,13,15). The van der Waals surface area contributed by atoms with Crippen LogP contribution < -0.4 is 5.32 Å². The van der Waals surface area contributed by atoms with Gasteiger partial charge in [-0.25, -0.2) is 4.79 Å². The van der Waals surface area contributed by atoms with E-state index in [0.717, 1.165) is 6.54 Å². The number of nitrogens with one attached hydrogen (secondary N) is 1. The lowest BCUT2D eigenvalue weighted by molar-refractivity contribution is 0.168. The molecule has 0 unspecified atom stereocenters. The molecule has 0 aromatic carbocycles. The number of carbonyl (C=O) groups excluding carboxylic acids is 1. The van der Waals surface area contributed by atoms with Crippen LogP contribution in [0.15, 0.2) is 0 Å². The molecule has 86 valence electrons. The first kappa shape index (κ1) is 10.8. The van der Waals surface area contributed by atoms with Gasteiger partial charge < -0.3 is 10.2 Å². The second-order valence-electron chi connectivity index (χ2n) is 4.80. The van der Waals surface area contributed by atoms with Gasteiger partial charge in [0.15, 0.2) is 0 Å². The van der Waals surface area contributed by atoms with Crippen LogP contribution in [0.25, 0.3) is 0 Å². The summed E-state index contributed by atoms with van der Waals surface area (Å²) in [5.74, 6) is 0. The lowest BCUT2D eigenvalue weighted by Crippen LogP contribution is -2.50. The number of urea groups is 1. The van der Waals surface area contributed by atoms with Crippen molar-refractivity contribution in [2.45, 2.75) is 64.0 Å². The molecule has 0 aromatic rings. The number of hydrogen-bond acceptors (Lipinski definition) is 1. The number of amides is 2. The Morgan fingerprint density at radius 3 is 2.33 bits per heavy atom. The Kier molecular flexibility index (Phi) is 3.49. The Labute approximate surface area is 92.2 Å². The average Bonchev–Trinajstić information content (AvgIpc) is 2.66. The molecule has 0 radical (unpaired) electrons. The highest BCUT2D eigenvalue weighted by Gasteiger charge is 2.28. The van der Waals surface area contributed by atoms with Gasteiger partial charge in [-0.3, -0.25) is 0 Å². The summed E-state index contributed by atoms with van der Waals surface area (Å²) in [5.41, 5.74) is 0. The molecule has 1 N–H and O–H groups in total. The van der Waals surface area contributed by atoms with E-state index in [1.807, 2.05) is 4.90 Å². The summed E-state index contributed by atoms with van der Waals surface area (Å²) in [6.45, 7) is 2.93. The fourth-order valence-electron chi connectivity index (χ4n) is 2.59. The van der Waals surface area contributed by atoms with E-state index in [9.17, 15) is 4.79 Å². The zero-order valence-electron chi connectivity index (χ0n) is 9.67. The van der Waals surface area contributed by atoms with Crippen LogP contribution in [0, 0.1) is 0 Å². The van der Waals surface area contributed by atoms with E-state index in [1.165, 1.54) is 44.9 Å². The van der Waals surface area contributed by atoms with Crippen molar-refractivity contribution in [2.75, 3.05) is 6.54 Å². The van der Waals surface area contributed by atoms with Crippen LogP contribution in [-0.4, -0.2) is 29.6 Å². The quantitative estimate of drug-likeness (QED) is 0.762. The fraction of sp³-hybridized carbons (Fsp3) is 0.917. The van der Waals surface area contributed by atoms with E-state index in [4.69, 9.17) is 0 Å². The summed E-state index contributed by atoms with van der Waals surface area (Å²) in [4.78, 5) is 14.0. The van der Waals surface area contributed by atoms with E-state index in [2.05, 4.69) is 12.2 Å². The van der Waals surface area contributed by atoms with E-state index in [1.54, 1.807) is 0 Å². The van der Waals surface area contributed by atoms with Gasteiger partial charge in [0.25, 0.3) is 0 Å². The Balaban J connectivity index is 1.83. The van der Waals surface area contributed by atoms with Crippen molar-refractivity contribution >= 4 is 6.03 Å². The molecule has 0 heterocycles. The molecule has 0 atom stereocenters. The van der Waals surface area contributed by atoms with Crippen molar-refractivity contribution in [2.24, 2.45) is 0 Å². The number of hydrogen-bond donors (Lipinski definition) is 1. The van der Waals surface area contributed by atoms with E-state index < -0.39 is 0 Å². The molecule has 2 fully saturated rings. The van der Waals surface area contributed by atoms with Gasteiger partial charge in [0.1, 0.15) is 0 Å². The molecule has 15 heavy (non-hydrogen) atoms. The van der Waals surface area contributed by atoms with Crippen LogP contribution in [0.4, 0.5) is 4.79 Å². The normalized spacial score (nSPS) is 22.5. The molecule has 2 aliphatic rings. The van der Waals surface area contributed by atoms with Gasteiger partial charge in [0, 0.05) is 18.6 Å². The predicted octanol–water partition coefficient (Wildman–Crippen LogP) is 2.51. The fourth-order valence-corrected chi connectivity index (χ4v) is 2.59. The van der Waals surface area contributed by atoms with Crippen molar-refractivity contribution in [1.82, 2.24) is 10.2 Å². The maximum atomic E-state index is 12.0. The highest BCUT2D eigenvalue weighted by atomic mass is 16.2. The molecule has 2 rings (SSSR count). The SMILES string of the molecule is CCN(C(=O)NC1CCC1)C1CCCC1. The van der Waals surface area contributed by atoms with Crippen LogP contribution in [0.5, 0.6) is 0 Å². The van der Waals surface area contributed by atoms with Gasteiger partial charge in [-0.05, 0) is 39.0 Å². The van der Waals surface area contributed by atoms with Crippen LogP contribution in [0.2, 0.25) is 0 Å². The van der Waals surface area contributed by atoms with Crippen LogP contribution in [-0.2, 0) is 0 Å². The molecule has 3 nitrogen and oxygen atoms in total. The third kappa shape index (κ3) is 2.44. The summed E-state index contributed by atoms with van der Waals surface area (Å²) >= 11 is 0. The molecule has 2 amide bonds. The molecule has 0 saturated heterocycles. The Bertz CT molecular complexity index is 220. The number of carbonyl (C=O) groups is 1. The van der Waals surface area contributed by atoms with Crippen LogP contribution in [0.3, 0.4) is 0 Å². The van der Waals surface area contributed by atoms with Crippen molar-refractivity contribution in [3.05, 3.63) is 0 Å². The second kappa shape index (κ2) is 4.86. The summed E-state index contributed by atoms with van der Waals surface area (Å²) in [5, 5.41) is 3.13. The Hall–Kier alpha value is -0.730. The van der Waals surface area contributed by atoms with Crippen molar-refractivity contribution in [3.8, 4) is 0 Å². The monoisotopic (exact) mass is 210 g/mol. The van der Waals surface area contributed by atoms with Crippen LogP contribution in [0.1, 0.15) is 51.9 Å². The van der Waals surface area contributed by atoms with Gasteiger partial charge in [-0.1, -0.05) is 12.8 Å². The van der Waals surface area contributed by atoms with Gasteiger partial charge in [0.2, 0.25) is 0 Å². The van der Waals surface area contributed by atoms with Crippen molar-refractivity contribution < 1.29 is 4.79 Å². The average molecular weight is 210 g/mol. The smallest absolute Gasteiger partial charge is 0.317 e. The van der Waals surface area contributed by atoms with E-state index in [-0.39, 0.29) is 6.03 Å². The zero-order valence-corrected chi connectivity index (χ0v) is 9.67. The lowest BCUT2D eigenvalue weighted by atomic mass is 9.93. The van der Waals surface area contributed by atoms with E-state index >= 15 is 0 Å². The van der Waals surface area contributed by atoms with Crippen molar-refractivity contribution in [1.29, 1.82) is 0 Å². The summed E-state index contributed by atoms with van der Waals surface area (Å²) in [6, 6.07) is 1.15. The Morgan fingerprint density at radius 1 is 1.20 bits per heavy atom. The zero-order chi connectivity index (χ0) is 10.7. The minimum atomic E-state index is 0.175. The molecular formula is C12H22N2O. The van der Waals surface area contributed by atoms with Gasteiger partial charge in [0.05, 0.1) is 0 Å². The maximum Gasteiger partial charge on any atom is 0.317 e. The van der Waals surface area contributed by atoms with Crippen molar-refractivity contribution in [3.63, 3.8) is 0 Å². The van der Waals surface area contributed by atoms with E-state index in [0.29, 0.717) is 12.1 Å². The first-order chi connectivity index (χ1) is 7.31. The largest absolute Gasteiger partial charge is 0.335 e. The van der Waals surface area contributed by atoms with Gasteiger partial charge in [-0.2, -0.15) is 0 Å². The molecule has 0 bridgehead atoms. The maximum absolute atomic E-state index is 12.0. The van der Waals surface area contributed by atoms with Gasteiger partial charge in [-0.15, -0.1) is 0 Å². The molecule has 0 aromatic heterocycles. The summed E-state index contributed by atoms with van der Waals surface area (Å²) < 4.78 is 0. The number of nitrogens with zero attached hydrogens (tertiary/aromatic N) is 1. The summed E-state index contributed by atoms with van der Waals surface area (Å²) in [6.07, 6.45) is 8.61. The summed E-state index contributed by atoms with van der Waals surface area (Å²) in [7, 11) is 0. The molecular weight excluding hydrogens is 188 g/mol. The highest BCUT2D eigenvalue weighted by Crippen LogP contribution is 2.24. The topological polar surface area (TPSA) is 32.3 Å². The molecule has 2 aliphatic carbocycles. The molecule has 0 aliphatic heterocycles. The minimum absolute atomic E-state index is 0.175. The first-order valence-corrected chi connectivity index (χ1v) is 6.38. The lowest BCUT2D eigenvalue weighted by Gasteiger charge is -2.33. The number of rotatable bonds is 3. The molecule has 3 heteroatoms. The molecule has 2 saturated carbocycles. The highest BCUT2D eigenvalue weighted by molar-refractivity contribution is 5.75. The Morgan fingerprint density at radius 2 is 1.87 bits per heavy atom. The second-order valence-corrected chi connectivity index (χ2v) is 4.80. The molecule has 0 spiro atoms. The van der Waals surface area contributed by atoms with Crippen LogP contribution >= 0.6 is 0 Å². The third-order valence-electron chi connectivity index (χ3n) is 3.80. The van der Waals surface area contributed by atoms with Gasteiger partial charge >= 0.3 is 6.03 Å².